The summed E-state index contributed by atoms with van der Waals surface area (Å²) in [6.45, 7) is 4.60. The molecule has 1 aromatic carbocycles. The number of rotatable bonds is 33. The molecule has 0 aliphatic heterocycles. The first-order chi connectivity index (χ1) is 22.7. The minimum Gasteiger partial charge on any atom is -0.508 e. The van der Waals surface area contributed by atoms with Crippen molar-refractivity contribution in [2.45, 2.75) is 219 Å². The molecule has 2 rings (SSSR count). The lowest BCUT2D eigenvalue weighted by Crippen LogP contribution is -1.95. The Hall–Kier alpha value is -1.77. The largest absolute Gasteiger partial charge is 0.508 e. The molecule has 0 aliphatic carbocycles. The molecule has 0 saturated carbocycles. The van der Waals surface area contributed by atoms with Gasteiger partial charge in [-0.15, -0.1) is 0 Å². The molecule has 0 radical (unpaired) electrons. The van der Waals surface area contributed by atoms with Gasteiger partial charge in [-0.25, -0.2) is 4.98 Å². The highest BCUT2D eigenvalue weighted by Gasteiger charge is 2.12. The van der Waals surface area contributed by atoms with Crippen LogP contribution in [0.3, 0.4) is 0 Å². The summed E-state index contributed by atoms with van der Waals surface area (Å²) in [7, 11) is 0. The van der Waals surface area contributed by atoms with Gasteiger partial charge in [-0.2, -0.15) is 0 Å². The molecule has 0 aliphatic rings. The molecule has 0 unspecified atom stereocenters. The van der Waals surface area contributed by atoms with Crippen molar-refractivity contribution >= 4 is 0 Å². The van der Waals surface area contributed by atoms with Gasteiger partial charge in [0.05, 0.1) is 5.69 Å². The van der Waals surface area contributed by atoms with Crippen molar-refractivity contribution in [2.24, 2.45) is 0 Å². The number of imidazole rings is 1. The molecule has 0 bridgehead atoms. The first-order valence-electron chi connectivity index (χ1n) is 20.6. The second kappa shape index (κ2) is 29.4. The molecule has 3 nitrogen and oxygen atoms in total. The van der Waals surface area contributed by atoms with Gasteiger partial charge >= 0.3 is 0 Å². The third-order valence-corrected chi connectivity index (χ3v) is 10.1. The molecule has 1 heterocycles. The van der Waals surface area contributed by atoms with E-state index in [2.05, 4.69) is 18.8 Å². The van der Waals surface area contributed by atoms with E-state index in [1.54, 1.807) is 12.1 Å². The summed E-state index contributed by atoms with van der Waals surface area (Å²) < 4.78 is 0. The van der Waals surface area contributed by atoms with Crippen LogP contribution in [0.2, 0.25) is 0 Å². The van der Waals surface area contributed by atoms with Gasteiger partial charge in [0, 0.05) is 11.3 Å². The number of H-pyrrole nitrogens is 1. The van der Waals surface area contributed by atoms with Gasteiger partial charge in [0.25, 0.3) is 0 Å². The maximum absolute atomic E-state index is 9.74. The number of nitrogens with one attached hydrogen (secondary N) is 1. The molecule has 2 aromatic rings. The molecule has 2 N–H and O–H groups in total. The Labute approximate surface area is 286 Å². The van der Waals surface area contributed by atoms with Crippen LogP contribution in [-0.4, -0.2) is 15.1 Å². The zero-order valence-electron chi connectivity index (χ0n) is 30.8. The standard InChI is InChI=1S/C43H76N2O/c1-3-5-7-9-11-13-15-17-19-21-23-25-27-29-31-33-41-42(45-43(44-41)39-35-37-40(46)38-36-39)34-32-30-28-26-24-22-20-18-16-14-12-10-8-6-4-2/h35-38,46H,3-34H2,1-2H3,(H,44,45). The molecule has 1 aromatic heterocycles. The Morgan fingerprint density at radius 2 is 0.761 bits per heavy atom. The van der Waals surface area contributed by atoms with Gasteiger partial charge in [-0.05, 0) is 49.9 Å². The van der Waals surface area contributed by atoms with Gasteiger partial charge in [0.1, 0.15) is 11.6 Å². The van der Waals surface area contributed by atoms with E-state index in [-0.39, 0.29) is 0 Å². The SMILES string of the molecule is CCCCCCCCCCCCCCCCCc1nc(-c2ccc(O)cc2)[nH]c1CCCCCCCCCCCCCCCCC. The number of hydrogen-bond donors (Lipinski definition) is 2. The van der Waals surface area contributed by atoms with Crippen molar-refractivity contribution in [1.29, 1.82) is 0 Å². The van der Waals surface area contributed by atoms with Gasteiger partial charge < -0.3 is 10.1 Å². The lowest BCUT2D eigenvalue weighted by molar-refractivity contribution is 0.475. The van der Waals surface area contributed by atoms with Crippen molar-refractivity contribution in [3.05, 3.63) is 35.7 Å². The third-order valence-electron chi connectivity index (χ3n) is 10.1. The summed E-state index contributed by atoms with van der Waals surface area (Å²) in [5.74, 6) is 1.28. The number of aryl methyl sites for hydroxylation is 2. The van der Waals surface area contributed by atoms with Crippen molar-refractivity contribution in [3.63, 3.8) is 0 Å². The highest BCUT2D eigenvalue weighted by molar-refractivity contribution is 5.57. The van der Waals surface area contributed by atoms with E-state index in [1.165, 1.54) is 204 Å². The predicted molar refractivity (Wildman–Crippen MR) is 203 cm³/mol. The molecular formula is C43H76N2O. The fraction of sp³-hybridized carbons (Fsp3) is 0.791. The van der Waals surface area contributed by atoms with Crippen molar-refractivity contribution < 1.29 is 5.11 Å². The monoisotopic (exact) mass is 637 g/mol. The molecule has 264 valence electrons. The summed E-state index contributed by atoms with van der Waals surface area (Å²) in [6.07, 6.45) is 44.3. The zero-order chi connectivity index (χ0) is 32.8. The fourth-order valence-electron chi connectivity index (χ4n) is 6.95. The number of aromatic hydroxyl groups is 1. The molecule has 0 amide bonds. The minimum atomic E-state index is 0.311. The van der Waals surface area contributed by atoms with Crippen molar-refractivity contribution in [2.75, 3.05) is 0 Å². The number of phenols is 1. The molecule has 3 heteroatoms. The predicted octanol–water partition coefficient (Wildman–Crippen LogP) is 14.6. The summed E-state index contributed by atoms with van der Waals surface area (Å²) in [6, 6.07) is 7.48. The average molecular weight is 637 g/mol. The van der Waals surface area contributed by atoms with Crippen LogP contribution < -0.4 is 0 Å². The molecular weight excluding hydrogens is 560 g/mol. The quantitative estimate of drug-likeness (QED) is 0.0766. The summed E-state index contributed by atoms with van der Waals surface area (Å²) in [5, 5.41) is 9.74. The third kappa shape index (κ3) is 21.2. The van der Waals surface area contributed by atoms with Crippen LogP contribution >= 0.6 is 0 Å². The number of unbranched alkanes of at least 4 members (excludes halogenated alkanes) is 28. The van der Waals surface area contributed by atoms with E-state index in [4.69, 9.17) is 4.98 Å². The van der Waals surface area contributed by atoms with E-state index in [1.807, 2.05) is 12.1 Å². The second-order valence-corrected chi connectivity index (χ2v) is 14.5. The number of aromatic amines is 1. The Kier molecular flexibility index (Phi) is 25.8. The van der Waals surface area contributed by atoms with Gasteiger partial charge in [0.2, 0.25) is 0 Å². The zero-order valence-corrected chi connectivity index (χ0v) is 30.8. The number of benzene rings is 1. The maximum Gasteiger partial charge on any atom is 0.137 e. The second-order valence-electron chi connectivity index (χ2n) is 14.5. The van der Waals surface area contributed by atoms with Crippen LogP contribution in [0.5, 0.6) is 5.75 Å². The minimum absolute atomic E-state index is 0.311. The number of nitrogens with zero attached hydrogens (tertiary/aromatic N) is 1. The van der Waals surface area contributed by atoms with Crippen LogP contribution in [0.15, 0.2) is 24.3 Å². The number of hydrogen-bond acceptors (Lipinski definition) is 2. The molecule has 0 saturated heterocycles. The van der Waals surface area contributed by atoms with E-state index < -0.39 is 0 Å². The highest BCUT2D eigenvalue weighted by atomic mass is 16.3. The highest BCUT2D eigenvalue weighted by Crippen LogP contribution is 2.24. The van der Waals surface area contributed by atoms with E-state index >= 15 is 0 Å². The van der Waals surface area contributed by atoms with E-state index in [9.17, 15) is 5.11 Å². The van der Waals surface area contributed by atoms with Crippen LogP contribution in [0.25, 0.3) is 11.4 Å². The van der Waals surface area contributed by atoms with E-state index in [0.717, 1.165) is 24.2 Å². The fourth-order valence-corrected chi connectivity index (χ4v) is 6.95. The Morgan fingerprint density at radius 1 is 0.435 bits per heavy atom. The summed E-state index contributed by atoms with van der Waals surface area (Å²) in [4.78, 5) is 8.74. The first-order valence-corrected chi connectivity index (χ1v) is 20.6. The lowest BCUT2D eigenvalue weighted by atomic mass is 10.0. The van der Waals surface area contributed by atoms with Crippen LogP contribution in [-0.2, 0) is 12.8 Å². The van der Waals surface area contributed by atoms with Crippen molar-refractivity contribution in [1.82, 2.24) is 9.97 Å². The van der Waals surface area contributed by atoms with Crippen molar-refractivity contribution in [3.8, 4) is 17.1 Å². The molecule has 0 fully saturated rings. The first kappa shape index (κ1) is 40.4. The van der Waals surface area contributed by atoms with Crippen LogP contribution in [0.1, 0.15) is 218 Å². The lowest BCUT2D eigenvalue weighted by Gasteiger charge is -2.05. The maximum atomic E-state index is 9.74. The topological polar surface area (TPSA) is 48.9 Å². The number of phenolic OH excluding ortho intramolecular Hbond substituents is 1. The van der Waals surface area contributed by atoms with Crippen LogP contribution in [0.4, 0.5) is 0 Å². The van der Waals surface area contributed by atoms with Crippen LogP contribution in [0, 0.1) is 0 Å². The Morgan fingerprint density at radius 3 is 1.13 bits per heavy atom. The summed E-state index contributed by atoms with van der Waals surface area (Å²) in [5.41, 5.74) is 3.70. The normalized spacial score (nSPS) is 11.5. The Bertz CT molecular complexity index is 866. The van der Waals surface area contributed by atoms with Gasteiger partial charge in [-0.1, -0.05) is 194 Å². The molecule has 46 heavy (non-hydrogen) atoms. The van der Waals surface area contributed by atoms with Gasteiger partial charge in [-0.3, -0.25) is 0 Å². The molecule has 0 spiro atoms. The smallest absolute Gasteiger partial charge is 0.137 e. The Balaban J connectivity index is 1.56. The number of aromatic nitrogens is 2. The van der Waals surface area contributed by atoms with E-state index in [0.29, 0.717) is 5.75 Å². The molecule has 0 atom stereocenters. The van der Waals surface area contributed by atoms with Gasteiger partial charge in [0.15, 0.2) is 0 Å². The summed E-state index contributed by atoms with van der Waals surface area (Å²) >= 11 is 0. The average Bonchev–Trinajstić information content (AvgIpc) is 3.47.